The number of unbranched alkanes of at least 4 members (excludes halogenated alkanes) is 30. The molecule has 0 aliphatic carbocycles. The summed E-state index contributed by atoms with van der Waals surface area (Å²) >= 11 is 0. The standard InChI is InChI=1S/C65H119N2O7P/c1-7-10-13-16-19-22-25-27-29-31-32-33-34-36-37-39-42-45-48-51-54-57-64(68)66-62(61-73-75(70,71)72-60-59-67(4,5)6)63(56-53-50-47-44-41-24-21-18-15-12-9-3)74-65(69)58-55-52-49-46-43-40-38-35-30-28-26-23-20-17-14-11-8-2/h10,13,19,22,27,29,32-33,36-37,53,56,62-63H,7-9,11-12,14-18,20-21,23-26,28,30-31,34-35,38-52,54-55,57-61H2,1-6H3,(H-,66,68,70,71)/b13-10-,22-19-,29-27-,33-32-,37-36-,56-53+. The van der Waals surface area contributed by atoms with Gasteiger partial charge in [0.1, 0.15) is 19.3 Å². The van der Waals surface area contributed by atoms with Gasteiger partial charge in [0.25, 0.3) is 7.82 Å². The fourth-order valence-electron chi connectivity index (χ4n) is 8.84. The van der Waals surface area contributed by atoms with Crippen LogP contribution in [-0.4, -0.2) is 69.4 Å². The average Bonchev–Trinajstić information content (AvgIpc) is 3.37. The molecule has 0 aliphatic rings. The van der Waals surface area contributed by atoms with Crippen LogP contribution in [0.4, 0.5) is 0 Å². The monoisotopic (exact) mass is 1070 g/mol. The Morgan fingerprint density at radius 3 is 1.28 bits per heavy atom. The van der Waals surface area contributed by atoms with E-state index < -0.39 is 26.6 Å². The van der Waals surface area contributed by atoms with Crippen LogP contribution in [0.2, 0.25) is 0 Å². The molecular weight excluding hydrogens is 952 g/mol. The number of quaternary nitrogens is 1. The summed E-state index contributed by atoms with van der Waals surface area (Å²) in [6.45, 7) is 6.72. The van der Waals surface area contributed by atoms with E-state index in [4.69, 9.17) is 13.8 Å². The van der Waals surface area contributed by atoms with Crippen molar-refractivity contribution in [3.63, 3.8) is 0 Å². The Balaban J connectivity index is 5.24. The number of hydrogen-bond donors (Lipinski definition) is 1. The number of hydrogen-bond acceptors (Lipinski definition) is 7. The molecule has 436 valence electrons. The van der Waals surface area contributed by atoms with E-state index in [0.29, 0.717) is 23.9 Å². The number of likely N-dealkylation sites (N-methyl/N-ethyl adjacent to an activating group) is 1. The molecular formula is C65H119N2O7P. The minimum absolute atomic E-state index is 0.0277. The van der Waals surface area contributed by atoms with Gasteiger partial charge in [0, 0.05) is 12.8 Å². The molecule has 0 aromatic carbocycles. The predicted octanol–water partition coefficient (Wildman–Crippen LogP) is 18.6. The highest BCUT2D eigenvalue weighted by molar-refractivity contribution is 7.45. The smallest absolute Gasteiger partial charge is 0.306 e. The number of carbonyl (C=O) groups is 2. The normalized spacial score (nSPS) is 14.2. The molecule has 10 heteroatoms. The van der Waals surface area contributed by atoms with Gasteiger partial charge < -0.3 is 28.5 Å². The van der Waals surface area contributed by atoms with Crippen molar-refractivity contribution in [2.45, 2.75) is 290 Å². The second-order valence-electron chi connectivity index (χ2n) is 22.2. The van der Waals surface area contributed by atoms with Crippen LogP contribution in [0.15, 0.2) is 72.9 Å². The minimum Gasteiger partial charge on any atom is -0.756 e. The Morgan fingerprint density at radius 2 is 0.853 bits per heavy atom. The Kier molecular flexibility index (Phi) is 52.9. The van der Waals surface area contributed by atoms with Crippen molar-refractivity contribution < 1.29 is 37.3 Å². The highest BCUT2D eigenvalue weighted by Crippen LogP contribution is 2.38. The van der Waals surface area contributed by atoms with E-state index >= 15 is 0 Å². The summed E-state index contributed by atoms with van der Waals surface area (Å²) < 4.78 is 30.3. The SMILES string of the molecule is CC/C=C\C/C=C\C/C=C\C/C=C\C/C=C\CCCCCCCC(=O)NC(COP(=O)([O-])OCC[N+](C)(C)C)C(/C=C/CCCCCCCCCCC)OC(=O)CCCCCCCCCCCCCCCCCCC. The number of amides is 1. The minimum atomic E-state index is -4.70. The quantitative estimate of drug-likeness (QED) is 0.0212. The maximum atomic E-state index is 13.5. The molecule has 3 unspecified atom stereocenters. The van der Waals surface area contributed by atoms with Gasteiger partial charge >= 0.3 is 5.97 Å². The van der Waals surface area contributed by atoms with Crippen LogP contribution >= 0.6 is 7.82 Å². The maximum absolute atomic E-state index is 13.5. The van der Waals surface area contributed by atoms with Gasteiger partial charge in [-0.2, -0.15) is 0 Å². The topological polar surface area (TPSA) is 114 Å². The van der Waals surface area contributed by atoms with E-state index in [0.717, 1.165) is 103 Å². The number of phosphoric acid groups is 1. The van der Waals surface area contributed by atoms with E-state index in [9.17, 15) is 19.0 Å². The van der Waals surface area contributed by atoms with Crippen molar-refractivity contribution in [1.82, 2.24) is 5.32 Å². The fourth-order valence-corrected chi connectivity index (χ4v) is 9.57. The Morgan fingerprint density at radius 1 is 0.480 bits per heavy atom. The lowest BCUT2D eigenvalue weighted by Gasteiger charge is -2.30. The van der Waals surface area contributed by atoms with Crippen LogP contribution in [0, 0.1) is 0 Å². The van der Waals surface area contributed by atoms with Gasteiger partial charge in [-0.25, -0.2) is 0 Å². The summed E-state index contributed by atoms with van der Waals surface area (Å²) in [7, 11) is 1.17. The first kappa shape index (κ1) is 72.5. The van der Waals surface area contributed by atoms with Crippen molar-refractivity contribution in [2.75, 3.05) is 40.9 Å². The molecule has 0 saturated carbocycles. The van der Waals surface area contributed by atoms with Crippen LogP contribution in [0.1, 0.15) is 278 Å². The second-order valence-corrected chi connectivity index (χ2v) is 23.6. The van der Waals surface area contributed by atoms with E-state index in [2.05, 4.69) is 86.8 Å². The fraction of sp³-hybridized carbons (Fsp3) is 0.785. The molecule has 0 aromatic rings. The number of allylic oxidation sites excluding steroid dienone is 11. The summed E-state index contributed by atoms with van der Waals surface area (Å²) in [6, 6.07) is -0.899. The number of esters is 1. The van der Waals surface area contributed by atoms with Crippen LogP contribution in [0.3, 0.4) is 0 Å². The van der Waals surface area contributed by atoms with Crippen LogP contribution in [0.5, 0.6) is 0 Å². The van der Waals surface area contributed by atoms with E-state index in [-0.39, 0.29) is 24.9 Å². The number of nitrogens with zero attached hydrogens (tertiary/aromatic N) is 1. The van der Waals surface area contributed by atoms with Crippen molar-refractivity contribution in [2.24, 2.45) is 0 Å². The zero-order valence-electron chi connectivity index (χ0n) is 49.7. The molecule has 1 amide bonds. The van der Waals surface area contributed by atoms with Gasteiger partial charge in [0.15, 0.2) is 0 Å². The summed E-state index contributed by atoms with van der Waals surface area (Å²) in [4.78, 5) is 40.0. The average molecular weight is 1070 g/mol. The van der Waals surface area contributed by atoms with Gasteiger partial charge in [0.2, 0.25) is 5.91 Å². The first-order valence-corrected chi connectivity index (χ1v) is 32.7. The molecule has 0 radical (unpaired) electrons. The maximum Gasteiger partial charge on any atom is 0.306 e. The van der Waals surface area contributed by atoms with Gasteiger partial charge in [-0.05, 0) is 76.7 Å². The van der Waals surface area contributed by atoms with Crippen LogP contribution < -0.4 is 10.2 Å². The molecule has 0 rings (SSSR count). The number of ether oxygens (including phenoxy) is 1. The van der Waals surface area contributed by atoms with E-state index in [1.54, 1.807) is 0 Å². The lowest BCUT2D eigenvalue weighted by molar-refractivity contribution is -0.870. The summed E-state index contributed by atoms with van der Waals surface area (Å²) in [6.07, 6.45) is 70.1. The molecule has 0 aliphatic heterocycles. The van der Waals surface area contributed by atoms with Crippen molar-refractivity contribution in [3.8, 4) is 0 Å². The highest BCUT2D eigenvalue weighted by Gasteiger charge is 2.27. The Labute approximate surface area is 463 Å². The number of phosphoric ester groups is 1. The summed E-state index contributed by atoms with van der Waals surface area (Å²) in [5.41, 5.74) is 0. The van der Waals surface area contributed by atoms with Gasteiger partial charge in [-0.3, -0.25) is 14.2 Å². The molecule has 0 aromatic heterocycles. The Hall–Kier alpha value is -2.55. The molecule has 75 heavy (non-hydrogen) atoms. The first-order chi connectivity index (χ1) is 36.4. The van der Waals surface area contributed by atoms with E-state index in [1.807, 2.05) is 33.3 Å². The number of carbonyl (C=O) groups excluding carboxylic acids is 2. The van der Waals surface area contributed by atoms with Gasteiger partial charge in [0.05, 0.1) is 33.8 Å². The largest absolute Gasteiger partial charge is 0.756 e. The number of rotatable bonds is 56. The molecule has 0 saturated heterocycles. The third-order valence-corrected chi connectivity index (χ3v) is 14.6. The third-order valence-electron chi connectivity index (χ3n) is 13.7. The molecule has 3 atom stereocenters. The first-order valence-electron chi connectivity index (χ1n) is 31.2. The molecule has 0 fully saturated rings. The summed E-state index contributed by atoms with van der Waals surface area (Å²) in [5, 5.41) is 3.02. The van der Waals surface area contributed by atoms with Crippen LogP contribution in [0.25, 0.3) is 0 Å². The third kappa shape index (κ3) is 56.0. The van der Waals surface area contributed by atoms with E-state index in [1.165, 1.54) is 135 Å². The van der Waals surface area contributed by atoms with Crippen molar-refractivity contribution in [1.29, 1.82) is 0 Å². The lowest BCUT2D eigenvalue weighted by atomic mass is 10.0. The van der Waals surface area contributed by atoms with Gasteiger partial charge in [-0.15, -0.1) is 0 Å². The number of nitrogens with one attached hydrogen (secondary N) is 1. The van der Waals surface area contributed by atoms with Crippen molar-refractivity contribution in [3.05, 3.63) is 72.9 Å². The molecule has 0 heterocycles. The summed E-state index contributed by atoms with van der Waals surface area (Å²) in [5.74, 6) is -0.558. The van der Waals surface area contributed by atoms with Crippen LogP contribution in [-0.2, 0) is 27.9 Å². The molecule has 0 bridgehead atoms. The molecule has 9 nitrogen and oxygen atoms in total. The predicted molar refractivity (Wildman–Crippen MR) is 321 cm³/mol. The van der Waals surface area contributed by atoms with Crippen molar-refractivity contribution >= 4 is 19.7 Å². The van der Waals surface area contributed by atoms with Gasteiger partial charge in [-0.1, -0.05) is 261 Å². The molecule has 1 N–H and O–H groups in total. The zero-order chi connectivity index (χ0) is 55.0. The zero-order valence-corrected chi connectivity index (χ0v) is 50.6. The second kappa shape index (κ2) is 54.8. The molecule has 0 spiro atoms. The Bertz CT molecular complexity index is 1510. The lowest BCUT2D eigenvalue weighted by Crippen LogP contribution is -2.47. The highest BCUT2D eigenvalue weighted by atomic mass is 31.2.